The monoisotopic (exact) mass is 454 g/mol. The lowest BCUT2D eigenvalue weighted by molar-refractivity contribution is -0.121. The number of aromatic nitrogens is 2. The fourth-order valence-electron chi connectivity index (χ4n) is 4.04. The van der Waals surface area contributed by atoms with Crippen molar-refractivity contribution in [1.29, 1.82) is 0 Å². The van der Waals surface area contributed by atoms with Gasteiger partial charge in [-0.25, -0.2) is 5.43 Å². The Kier molecular flexibility index (Phi) is 5.70. The van der Waals surface area contributed by atoms with Gasteiger partial charge in [0.05, 0.1) is 38.2 Å². The molecule has 0 radical (unpaired) electrons. The van der Waals surface area contributed by atoms with Crippen LogP contribution in [-0.2, 0) is 4.79 Å². The van der Waals surface area contributed by atoms with Gasteiger partial charge in [0.2, 0.25) is 0 Å². The number of methoxy groups -OCH3 is 2. The summed E-state index contributed by atoms with van der Waals surface area (Å²) in [4.78, 5) is 13.2. The molecule has 0 atom stereocenters. The highest BCUT2D eigenvalue weighted by molar-refractivity contribution is 5.92. The lowest BCUT2D eigenvalue weighted by Crippen LogP contribution is -2.28. The third-order valence-corrected chi connectivity index (χ3v) is 5.66. The highest BCUT2D eigenvalue weighted by Crippen LogP contribution is 2.43. The number of para-hydroxylation sites is 2. The molecule has 3 aromatic carbocycles. The standard InChI is InChI=1S/C26H22N4O4/c1-32-22-12-11-16(13-23(22)33-2)25-17(14-27-29-25)15-28-30-26(31)24-18-7-3-5-9-20(18)34-21-10-6-4-8-19(21)24/h3-15,24H,1-2H3,(H,27,29)(H,30,31). The molecular formula is C26H22N4O4. The van der Waals surface area contributed by atoms with Crippen LogP contribution in [0.2, 0.25) is 0 Å². The summed E-state index contributed by atoms with van der Waals surface area (Å²) < 4.78 is 16.7. The number of amides is 1. The maximum atomic E-state index is 13.2. The molecule has 0 unspecified atom stereocenters. The molecule has 34 heavy (non-hydrogen) atoms. The zero-order chi connectivity index (χ0) is 23.5. The van der Waals surface area contributed by atoms with Crippen LogP contribution in [0.4, 0.5) is 0 Å². The summed E-state index contributed by atoms with van der Waals surface area (Å²) in [5, 5.41) is 11.3. The average molecular weight is 454 g/mol. The molecule has 1 aliphatic rings. The largest absolute Gasteiger partial charge is 0.493 e. The van der Waals surface area contributed by atoms with Crippen molar-refractivity contribution < 1.29 is 19.0 Å². The molecule has 1 aromatic heterocycles. The zero-order valence-corrected chi connectivity index (χ0v) is 18.6. The second kappa shape index (κ2) is 9.11. The van der Waals surface area contributed by atoms with E-state index in [1.54, 1.807) is 26.6 Å². The Balaban J connectivity index is 1.39. The van der Waals surface area contributed by atoms with Crippen molar-refractivity contribution in [3.63, 3.8) is 0 Å². The van der Waals surface area contributed by atoms with Gasteiger partial charge in [0.25, 0.3) is 5.91 Å². The van der Waals surface area contributed by atoms with Crippen LogP contribution in [-0.4, -0.2) is 36.5 Å². The summed E-state index contributed by atoms with van der Waals surface area (Å²) >= 11 is 0. The molecule has 0 bridgehead atoms. The van der Waals surface area contributed by atoms with Gasteiger partial charge in [-0.3, -0.25) is 9.89 Å². The molecule has 8 nitrogen and oxygen atoms in total. The van der Waals surface area contributed by atoms with E-state index in [0.29, 0.717) is 28.6 Å². The number of fused-ring (bicyclic) bond motifs is 2. The molecule has 0 aliphatic carbocycles. The Morgan fingerprint density at radius 3 is 2.35 bits per heavy atom. The molecule has 0 saturated carbocycles. The zero-order valence-electron chi connectivity index (χ0n) is 18.6. The van der Waals surface area contributed by atoms with E-state index in [1.165, 1.54) is 0 Å². The van der Waals surface area contributed by atoms with Crippen molar-refractivity contribution in [2.75, 3.05) is 14.2 Å². The topological polar surface area (TPSA) is 97.8 Å². The fraction of sp³-hybridized carbons (Fsp3) is 0.115. The van der Waals surface area contributed by atoms with Crippen LogP contribution in [0.15, 0.2) is 78.0 Å². The van der Waals surface area contributed by atoms with Gasteiger partial charge < -0.3 is 14.2 Å². The number of nitrogens with zero attached hydrogens (tertiary/aromatic N) is 2. The Bertz CT molecular complexity index is 1330. The number of carbonyl (C=O) groups is 1. The molecule has 2 heterocycles. The van der Waals surface area contributed by atoms with Crippen LogP contribution >= 0.6 is 0 Å². The van der Waals surface area contributed by atoms with Crippen molar-refractivity contribution >= 4 is 12.1 Å². The number of hydrogen-bond donors (Lipinski definition) is 2. The summed E-state index contributed by atoms with van der Waals surface area (Å²) in [6, 6.07) is 20.6. The van der Waals surface area contributed by atoms with Crippen LogP contribution in [0.5, 0.6) is 23.0 Å². The first-order valence-corrected chi connectivity index (χ1v) is 10.6. The van der Waals surface area contributed by atoms with Gasteiger partial charge in [-0.05, 0) is 30.3 Å². The van der Waals surface area contributed by atoms with Crippen molar-refractivity contribution in [3.8, 4) is 34.3 Å². The van der Waals surface area contributed by atoms with Crippen LogP contribution in [0, 0.1) is 0 Å². The van der Waals surface area contributed by atoms with E-state index >= 15 is 0 Å². The Labute approximate surface area is 196 Å². The van der Waals surface area contributed by atoms with Gasteiger partial charge in [0.1, 0.15) is 11.5 Å². The number of aromatic amines is 1. The first-order valence-electron chi connectivity index (χ1n) is 10.6. The van der Waals surface area contributed by atoms with Crippen LogP contribution in [0.3, 0.4) is 0 Å². The van der Waals surface area contributed by atoms with Crippen molar-refractivity contribution in [2.45, 2.75) is 5.92 Å². The normalized spacial score (nSPS) is 12.5. The molecule has 1 aliphatic heterocycles. The van der Waals surface area contributed by atoms with E-state index in [1.807, 2.05) is 66.7 Å². The predicted octanol–water partition coefficient (Wildman–Crippen LogP) is 4.48. The fourth-order valence-corrected chi connectivity index (χ4v) is 4.04. The first kappa shape index (κ1) is 21.3. The number of rotatable bonds is 6. The molecule has 8 heteroatoms. The molecule has 1 amide bonds. The van der Waals surface area contributed by atoms with Crippen LogP contribution in [0.1, 0.15) is 22.6 Å². The molecule has 0 spiro atoms. The smallest absolute Gasteiger partial charge is 0.252 e. The van der Waals surface area contributed by atoms with Gasteiger partial charge in [-0.2, -0.15) is 10.2 Å². The average Bonchev–Trinajstić information content (AvgIpc) is 3.35. The third kappa shape index (κ3) is 3.86. The number of nitrogens with one attached hydrogen (secondary N) is 2. The quantitative estimate of drug-likeness (QED) is 0.331. The summed E-state index contributed by atoms with van der Waals surface area (Å²) in [5.74, 6) is 1.77. The van der Waals surface area contributed by atoms with E-state index in [0.717, 1.165) is 22.4 Å². The molecule has 0 fully saturated rings. The van der Waals surface area contributed by atoms with Crippen molar-refractivity contribution in [1.82, 2.24) is 15.6 Å². The van der Waals surface area contributed by atoms with E-state index in [9.17, 15) is 4.79 Å². The Morgan fingerprint density at radius 2 is 1.68 bits per heavy atom. The lowest BCUT2D eigenvalue weighted by Gasteiger charge is -2.26. The molecule has 4 aromatic rings. The number of hydrogen-bond acceptors (Lipinski definition) is 6. The SMILES string of the molecule is COc1ccc(-c2[nH]ncc2C=NNC(=O)C2c3ccccc3Oc3ccccc32)cc1OC. The van der Waals surface area contributed by atoms with E-state index in [2.05, 4.69) is 20.7 Å². The molecular weight excluding hydrogens is 432 g/mol. The number of ether oxygens (including phenoxy) is 3. The highest BCUT2D eigenvalue weighted by atomic mass is 16.5. The third-order valence-electron chi connectivity index (χ3n) is 5.66. The molecule has 5 rings (SSSR count). The minimum Gasteiger partial charge on any atom is -0.493 e. The summed E-state index contributed by atoms with van der Waals surface area (Å²) in [6.45, 7) is 0. The molecule has 2 N–H and O–H groups in total. The minimum atomic E-state index is -0.534. The summed E-state index contributed by atoms with van der Waals surface area (Å²) in [7, 11) is 3.17. The highest BCUT2D eigenvalue weighted by Gasteiger charge is 2.32. The van der Waals surface area contributed by atoms with Crippen LogP contribution in [0.25, 0.3) is 11.3 Å². The van der Waals surface area contributed by atoms with Gasteiger partial charge >= 0.3 is 0 Å². The van der Waals surface area contributed by atoms with E-state index < -0.39 is 5.92 Å². The lowest BCUT2D eigenvalue weighted by atomic mass is 9.87. The van der Waals surface area contributed by atoms with E-state index in [-0.39, 0.29) is 5.91 Å². The molecule has 0 saturated heterocycles. The predicted molar refractivity (Wildman–Crippen MR) is 128 cm³/mol. The number of carbonyl (C=O) groups excluding carboxylic acids is 1. The van der Waals surface area contributed by atoms with Gasteiger partial charge in [-0.15, -0.1) is 0 Å². The summed E-state index contributed by atoms with van der Waals surface area (Å²) in [5.41, 5.74) is 6.56. The van der Waals surface area contributed by atoms with Gasteiger partial charge in [0, 0.05) is 22.3 Å². The Hall–Kier alpha value is -4.59. The second-order valence-electron chi connectivity index (χ2n) is 7.62. The maximum Gasteiger partial charge on any atom is 0.252 e. The number of H-pyrrole nitrogens is 1. The summed E-state index contributed by atoms with van der Waals surface area (Å²) in [6.07, 6.45) is 3.20. The number of hydrazone groups is 1. The Morgan fingerprint density at radius 1 is 1.00 bits per heavy atom. The molecule has 170 valence electrons. The van der Waals surface area contributed by atoms with E-state index in [4.69, 9.17) is 14.2 Å². The first-order chi connectivity index (χ1) is 16.7. The van der Waals surface area contributed by atoms with Crippen LogP contribution < -0.4 is 19.6 Å². The number of benzene rings is 3. The minimum absolute atomic E-state index is 0.254. The second-order valence-corrected chi connectivity index (χ2v) is 7.62. The van der Waals surface area contributed by atoms with Crippen molar-refractivity contribution in [2.24, 2.45) is 5.10 Å². The van der Waals surface area contributed by atoms with Gasteiger partial charge in [-0.1, -0.05) is 36.4 Å². The maximum absolute atomic E-state index is 13.2. The van der Waals surface area contributed by atoms with Crippen molar-refractivity contribution in [3.05, 3.63) is 89.6 Å². The van der Waals surface area contributed by atoms with Gasteiger partial charge in [0.15, 0.2) is 11.5 Å².